The molecular weight excluding hydrogens is 252 g/mol. The van der Waals surface area contributed by atoms with Crippen LogP contribution in [-0.2, 0) is 11.2 Å². The topological polar surface area (TPSA) is 61.2 Å². The van der Waals surface area contributed by atoms with Gasteiger partial charge in [-0.3, -0.25) is 9.59 Å². The molecule has 1 aliphatic rings. The first-order valence-corrected chi connectivity index (χ1v) is 6.80. The average molecular weight is 270 g/mol. The molecule has 1 amide bonds. The van der Waals surface area contributed by atoms with E-state index in [2.05, 4.69) is 6.07 Å². The molecule has 4 nitrogen and oxygen atoms in total. The monoisotopic (exact) mass is 270 g/mol. The third kappa shape index (κ3) is 2.44. The van der Waals surface area contributed by atoms with Crippen LogP contribution in [0.1, 0.15) is 43.1 Å². The summed E-state index contributed by atoms with van der Waals surface area (Å²) >= 11 is 0. The molecule has 0 unspecified atom stereocenters. The van der Waals surface area contributed by atoms with E-state index in [0.29, 0.717) is 24.2 Å². The van der Waals surface area contributed by atoms with Crippen LogP contribution in [0, 0.1) is 16.7 Å². The standard InChI is InChI=1S/C16H18N2O2/c1-4-11-5-6-13-12(9-11)14(19)15(20)18(13)8-7-16(2,3)10-17/h5-6,9H,4,7-8H2,1-3H3. The van der Waals surface area contributed by atoms with Crippen molar-refractivity contribution >= 4 is 17.4 Å². The molecule has 0 aliphatic carbocycles. The number of benzene rings is 1. The fraction of sp³-hybridized carbons (Fsp3) is 0.438. The number of hydrogen-bond donors (Lipinski definition) is 0. The van der Waals surface area contributed by atoms with Crippen LogP contribution >= 0.6 is 0 Å². The van der Waals surface area contributed by atoms with Crippen molar-refractivity contribution in [2.75, 3.05) is 11.4 Å². The Kier molecular flexibility index (Phi) is 3.63. The second kappa shape index (κ2) is 5.09. The van der Waals surface area contributed by atoms with Gasteiger partial charge in [-0.15, -0.1) is 0 Å². The summed E-state index contributed by atoms with van der Waals surface area (Å²) in [6.07, 6.45) is 1.37. The second-order valence-corrected chi connectivity index (χ2v) is 5.74. The van der Waals surface area contributed by atoms with Gasteiger partial charge in [-0.1, -0.05) is 13.0 Å². The molecule has 0 atom stereocenters. The molecule has 1 aliphatic heterocycles. The highest BCUT2D eigenvalue weighted by Crippen LogP contribution is 2.31. The number of amides is 1. The maximum atomic E-state index is 12.1. The summed E-state index contributed by atoms with van der Waals surface area (Å²) in [6, 6.07) is 7.77. The molecule has 0 fully saturated rings. The lowest BCUT2D eigenvalue weighted by molar-refractivity contribution is -0.114. The third-order valence-electron chi connectivity index (χ3n) is 3.71. The van der Waals surface area contributed by atoms with Gasteiger partial charge in [-0.2, -0.15) is 5.26 Å². The highest BCUT2D eigenvalue weighted by Gasteiger charge is 2.36. The predicted octanol–water partition coefficient (Wildman–Crippen LogP) is 2.72. The van der Waals surface area contributed by atoms with Crippen LogP contribution in [0.5, 0.6) is 0 Å². The SMILES string of the molecule is CCc1ccc2c(c1)C(=O)C(=O)N2CCC(C)(C)C#N. The van der Waals surface area contributed by atoms with E-state index in [4.69, 9.17) is 5.26 Å². The molecule has 0 radical (unpaired) electrons. The van der Waals surface area contributed by atoms with Gasteiger partial charge in [0.05, 0.1) is 22.7 Å². The molecule has 104 valence electrons. The first kappa shape index (κ1) is 14.3. The molecule has 0 N–H and O–H groups in total. The minimum absolute atomic E-state index is 0.392. The van der Waals surface area contributed by atoms with E-state index < -0.39 is 17.1 Å². The average Bonchev–Trinajstić information content (AvgIpc) is 2.68. The Labute approximate surface area is 119 Å². The van der Waals surface area contributed by atoms with E-state index in [9.17, 15) is 9.59 Å². The summed E-state index contributed by atoms with van der Waals surface area (Å²) in [5.74, 6) is -0.924. The lowest BCUT2D eigenvalue weighted by Crippen LogP contribution is -2.32. The number of ketones is 1. The van der Waals surface area contributed by atoms with E-state index in [1.807, 2.05) is 32.9 Å². The number of hydrogen-bond acceptors (Lipinski definition) is 3. The Balaban J connectivity index is 2.28. The van der Waals surface area contributed by atoms with Crippen molar-refractivity contribution in [1.82, 2.24) is 0 Å². The third-order valence-corrected chi connectivity index (χ3v) is 3.71. The van der Waals surface area contributed by atoms with Gasteiger partial charge in [0, 0.05) is 6.54 Å². The summed E-state index contributed by atoms with van der Waals surface area (Å²) in [5.41, 5.74) is 1.70. The zero-order valence-corrected chi connectivity index (χ0v) is 12.1. The van der Waals surface area contributed by atoms with Gasteiger partial charge in [-0.05, 0) is 44.4 Å². The summed E-state index contributed by atoms with van der Waals surface area (Å²) in [5, 5.41) is 9.03. The van der Waals surface area contributed by atoms with E-state index in [0.717, 1.165) is 12.0 Å². The van der Waals surface area contributed by atoms with E-state index >= 15 is 0 Å². The van der Waals surface area contributed by atoms with Crippen LogP contribution in [0.2, 0.25) is 0 Å². The number of anilines is 1. The molecule has 1 aromatic rings. The second-order valence-electron chi connectivity index (χ2n) is 5.74. The zero-order valence-electron chi connectivity index (χ0n) is 12.1. The molecule has 0 bridgehead atoms. The maximum Gasteiger partial charge on any atom is 0.299 e. The zero-order chi connectivity index (χ0) is 14.9. The van der Waals surface area contributed by atoms with Crippen LogP contribution < -0.4 is 4.90 Å². The van der Waals surface area contributed by atoms with Gasteiger partial charge >= 0.3 is 0 Å². The highest BCUT2D eigenvalue weighted by molar-refractivity contribution is 6.52. The first-order valence-electron chi connectivity index (χ1n) is 6.80. The van der Waals surface area contributed by atoms with Crippen molar-refractivity contribution in [1.29, 1.82) is 5.26 Å². The highest BCUT2D eigenvalue weighted by atomic mass is 16.2. The number of carbonyl (C=O) groups is 2. The van der Waals surface area contributed by atoms with Crippen LogP contribution in [-0.4, -0.2) is 18.2 Å². The van der Waals surface area contributed by atoms with Crippen molar-refractivity contribution in [2.24, 2.45) is 5.41 Å². The van der Waals surface area contributed by atoms with Crippen molar-refractivity contribution in [2.45, 2.75) is 33.6 Å². The summed E-state index contributed by atoms with van der Waals surface area (Å²) in [4.78, 5) is 25.6. The van der Waals surface area contributed by atoms with Crippen LogP contribution in [0.3, 0.4) is 0 Å². The normalized spacial score (nSPS) is 14.4. The van der Waals surface area contributed by atoms with Gasteiger partial charge in [0.25, 0.3) is 11.7 Å². The fourth-order valence-electron chi connectivity index (χ4n) is 2.24. The molecule has 0 aromatic heterocycles. The Morgan fingerprint density at radius 1 is 1.30 bits per heavy atom. The number of carbonyl (C=O) groups excluding carboxylic acids is 2. The molecule has 0 saturated carbocycles. The van der Waals surface area contributed by atoms with Crippen LogP contribution in [0.4, 0.5) is 5.69 Å². The number of aryl methyl sites for hydroxylation is 1. The Morgan fingerprint density at radius 3 is 2.60 bits per heavy atom. The molecule has 1 heterocycles. The lowest BCUT2D eigenvalue weighted by atomic mass is 9.91. The molecular formula is C16H18N2O2. The van der Waals surface area contributed by atoms with Crippen molar-refractivity contribution < 1.29 is 9.59 Å². The van der Waals surface area contributed by atoms with Crippen LogP contribution in [0.25, 0.3) is 0 Å². The van der Waals surface area contributed by atoms with Gasteiger partial charge in [0.2, 0.25) is 0 Å². The predicted molar refractivity (Wildman–Crippen MR) is 76.5 cm³/mol. The van der Waals surface area contributed by atoms with Crippen molar-refractivity contribution in [3.05, 3.63) is 29.3 Å². The van der Waals surface area contributed by atoms with Crippen LogP contribution in [0.15, 0.2) is 18.2 Å². The van der Waals surface area contributed by atoms with E-state index in [1.165, 1.54) is 4.90 Å². The number of fused-ring (bicyclic) bond motifs is 1. The Morgan fingerprint density at radius 2 is 2.00 bits per heavy atom. The largest absolute Gasteiger partial charge is 0.305 e. The number of rotatable bonds is 4. The first-order chi connectivity index (χ1) is 9.39. The quantitative estimate of drug-likeness (QED) is 0.790. The van der Waals surface area contributed by atoms with Gasteiger partial charge in [-0.25, -0.2) is 0 Å². The minimum Gasteiger partial charge on any atom is -0.305 e. The molecule has 0 spiro atoms. The fourth-order valence-corrected chi connectivity index (χ4v) is 2.24. The molecule has 1 aromatic carbocycles. The van der Waals surface area contributed by atoms with Crippen molar-refractivity contribution in [3.63, 3.8) is 0 Å². The Hall–Kier alpha value is -2.15. The minimum atomic E-state index is -0.505. The summed E-state index contributed by atoms with van der Waals surface area (Å²) < 4.78 is 0. The lowest BCUT2D eigenvalue weighted by Gasteiger charge is -2.21. The maximum absolute atomic E-state index is 12.1. The summed E-state index contributed by atoms with van der Waals surface area (Å²) in [6.45, 7) is 6.06. The molecule has 2 rings (SSSR count). The Bertz CT molecular complexity index is 611. The number of Topliss-reactive ketones (excluding diaryl/α,β-unsaturated/α-hetero) is 1. The van der Waals surface area contributed by atoms with Crippen molar-refractivity contribution in [3.8, 4) is 6.07 Å². The number of nitriles is 1. The van der Waals surface area contributed by atoms with E-state index in [-0.39, 0.29) is 0 Å². The van der Waals surface area contributed by atoms with Gasteiger partial charge in [0.15, 0.2) is 0 Å². The molecule has 0 saturated heterocycles. The van der Waals surface area contributed by atoms with Gasteiger partial charge in [0.1, 0.15) is 0 Å². The number of nitrogens with zero attached hydrogens (tertiary/aromatic N) is 2. The molecule has 4 heteroatoms. The van der Waals surface area contributed by atoms with Gasteiger partial charge < -0.3 is 4.90 Å². The summed E-state index contributed by atoms with van der Waals surface area (Å²) in [7, 11) is 0. The smallest absolute Gasteiger partial charge is 0.299 e. The molecule has 20 heavy (non-hydrogen) atoms. The van der Waals surface area contributed by atoms with E-state index in [1.54, 1.807) is 6.07 Å².